The molecule has 0 aromatic heterocycles. The number of hydrogen-bond acceptors (Lipinski definition) is 5. The SMILES string of the molecule is Cc1ccc(OC(C)C(=O)NCCOc2ccc(S(=O)(=O)N3CCCCC3)cc2)cc1. The average molecular weight is 447 g/mol. The minimum atomic E-state index is -3.45. The van der Waals surface area contributed by atoms with Crippen LogP contribution in [0.2, 0.25) is 0 Å². The normalized spacial score (nSPS) is 15.8. The van der Waals surface area contributed by atoms with E-state index in [1.54, 1.807) is 35.5 Å². The number of carbonyl (C=O) groups is 1. The summed E-state index contributed by atoms with van der Waals surface area (Å²) in [6.07, 6.45) is 2.26. The number of aryl methyl sites for hydroxylation is 1. The summed E-state index contributed by atoms with van der Waals surface area (Å²) >= 11 is 0. The molecule has 2 aromatic carbocycles. The summed E-state index contributed by atoms with van der Waals surface area (Å²) in [4.78, 5) is 12.4. The van der Waals surface area contributed by atoms with Gasteiger partial charge >= 0.3 is 0 Å². The van der Waals surface area contributed by atoms with Gasteiger partial charge in [-0.15, -0.1) is 0 Å². The molecule has 1 heterocycles. The standard InChI is InChI=1S/C23H30N2O5S/c1-18-6-8-21(9-7-18)30-19(2)23(26)24-14-17-29-20-10-12-22(13-11-20)31(27,28)25-15-4-3-5-16-25/h6-13,19H,3-5,14-17H2,1-2H3,(H,24,26). The molecule has 168 valence electrons. The lowest BCUT2D eigenvalue weighted by atomic mass is 10.2. The molecule has 1 aliphatic heterocycles. The number of carbonyl (C=O) groups excluding carboxylic acids is 1. The third kappa shape index (κ3) is 6.45. The Bertz CT molecular complexity index is 952. The van der Waals surface area contributed by atoms with Crippen LogP contribution in [-0.4, -0.2) is 51.0 Å². The summed E-state index contributed by atoms with van der Waals surface area (Å²) in [5, 5.41) is 2.77. The van der Waals surface area contributed by atoms with Gasteiger partial charge in [-0.05, 0) is 63.1 Å². The minimum Gasteiger partial charge on any atom is -0.492 e. The van der Waals surface area contributed by atoms with Crippen LogP contribution in [0.25, 0.3) is 0 Å². The molecule has 7 nitrogen and oxygen atoms in total. The highest BCUT2D eigenvalue weighted by atomic mass is 32.2. The summed E-state index contributed by atoms with van der Waals surface area (Å²) in [6, 6.07) is 13.9. The Kier molecular flexibility index (Phi) is 7.92. The third-order valence-corrected chi connectivity index (χ3v) is 7.06. The van der Waals surface area contributed by atoms with E-state index in [0.29, 0.717) is 31.1 Å². The monoisotopic (exact) mass is 446 g/mol. The van der Waals surface area contributed by atoms with Crippen molar-refractivity contribution in [2.75, 3.05) is 26.2 Å². The van der Waals surface area contributed by atoms with Crippen molar-refractivity contribution in [1.82, 2.24) is 9.62 Å². The molecule has 31 heavy (non-hydrogen) atoms. The predicted octanol–water partition coefficient (Wildman–Crippen LogP) is 3.13. The second-order valence-corrected chi connectivity index (χ2v) is 9.59. The van der Waals surface area contributed by atoms with E-state index in [1.165, 1.54) is 0 Å². The average Bonchev–Trinajstić information content (AvgIpc) is 2.79. The first-order chi connectivity index (χ1) is 14.9. The summed E-state index contributed by atoms with van der Waals surface area (Å²) in [5.74, 6) is 0.965. The van der Waals surface area contributed by atoms with Crippen LogP contribution < -0.4 is 14.8 Å². The van der Waals surface area contributed by atoms with E-state index < -0.39 is 16.1 Å². The number of benzene rings is 2. The molecule has 1 saturated heterocycles. The first-order valence-corrected chi connectivity index (χ1v) is 12.0. The number of amides is 1. The first kappa shape index (κ1) is 23.1. The molecule has 0 radical (unpaired) electrons. The van der Waals surface area contributed by atoms with E-state index in [1.807, 2.05) is 31.2 Å². The zero-order valence-corrected chi connectivity index (χ0v) is 18.9. The summed E-state index contributed by atoms with van der Waals surface area (Å²) < 4.78 is 38.1. The van der Waals surface area contributed by atoms with Gasteiger partial charge in [0.25, 0.3) is 5.91 Å². The lowest BCUT2D eigenvalue weighted by molar-refractivity contribution is -0.127. The van der Waals surface area contributed by atoms with E-state index >= 15 is 0 Å². The van der Waals surface area contributed by atoms with Crippen LogP contribution in [0.3, 0.4) is 0 Å². The third-order valence-electron chi connectivity index (χ3n) is 5.15. The van der Waals surface area contributed by atoms with Gasteiger partial charge in [0.05, 0.1) is 11.4 Å². The molecule has 0 bridgehead atoms. The van der Waals surface area contributed by atoms with Gasteiger partial charge in [-0.1, -0.05) is 24.1 Å². The molecule has 1 aliphatic rings. The zero-order valence-electron chi connectivity index (χ0n) is 18.0. The minimum absolute atomic E-state index is 0.229. The van der Waals surface area contributed by atoms with Crippen molar-refractivity contribution in [3.63, 3.8) is 0 Å². The fraction of sp³-hybridized carbons (Fsp3) is 0.435. The van der Waals surface area contributed by atoms with Gasteiger partial charge in [-0.25, -0.2) is 8.42 Å². The van der Waals surface area contributed by atoms with E-state index in [9.17, 15) is 13.2 Å². The van der Waals surface area contributed by atoms with Crippen molar-refractivity contribution in [3.8, 4) is 11.5 Å². The highest BCUT2D eigenvalue weighted by Crippen LogP contribution is 2.22. The Labute approximate surface area is 184 Å². The molecular weight excluding hydrogens is 416 g/mol. The van der Waals surface area contributed by atoms with Crippen molar-refractivity contribution in [2.45, 2.75) is 44.1 Å². The molecule has 0 saturated carbocycles. The number of rotatable bonds is 9. The van der Waals surface area contributed by atoms with Crippen LogP contribution in [0.4, 0.5) is 0 Å². The number of nitrogens with zero attached hydrogens (tertiary/aromatic N) is 1. The summed E-state index contributed by atoms with van der Waals surface area (Å²) in [6.45, 7) is 5.41. The molecule has 1 unspecified atom stereocenters. The Morgan fingerprint density at radius 2 is 1.61 bits per heavy atom. The smallest absolute Gasteiger partial charge is 0.260 e. The Morgan fingerprint density at radius 1 is 1.00 bits per heavy atom. The second kappa shape index (κ2) is 10.6. The van der Waals surface area contributed by atoms with E-state index in [0.717, 1.165) is 24.8 Å². The van der Waals surface area contributed by atoms with Gasteiger partial charge in [0, 0.05) is 13.1 Å². The quantitative estimate of drug-likeness (QED) is 0.598. The predicted molar refractivity (Wildman–Crippen MR) is 119 cm³/mol. The van der Waals surface area contributed by atoms with Gasteiger partial charge in [0.2, 0.25) is 10.0 Å². The molecule has 1 amide bonds. The maximum atomic E-state index is 12.7. The zero-order chi connectivity index (χ0) is 22.3. The topological polar surface area (TPSA) is 84.9 Å². The Hall–Kier alpha value is -2.58. The summed E-state index contributed by atoms with van der Waals surface area (Å²) in [5.41, 5.74) is 1.12. The fourth-order valence-electron chi connectivity index (χ4n) is 3.32. The number of ether oxygens (including phenoxy) is 2. The number of sulfonamides is 1. The second-order valence-electron chi connectivity index (χ2n) is 7.65. The lowest BCUT2D eigenvalue weighted by Gasteiger charge is -2.25. The molecule has 8 heteroatoms. The Balaban J connectivity index is 1.42. The molecule has 1 N–H and O–H groups in total. The molecule has 1 atom stereocenters. The van der Waals surface area contributed by atoms with Crippen LogP contribution in [0, 0.1) is 6.92 Å². The maximum Gasteiger partial charge on any atom is 0.260 e. The van der Waals surface area contributed by atoms with Crippen LogP contribution in [0.15, 0.2) is 53.4 Å². The Morgan fingerprint density at radius 3 is 2.26 bits per heavy atom. The molecule has 0 aliphatic carbocycles. The molecule has 0 spiro atoms. The van der Waals surface area contributed by atoms with E-state index in [4.69, 9.17) is 9.47 Å². The van der Waals surface area contributed by atoms with Crippen LogP contribution in [-0.2, 0) is 14.8 Å². The highest BCUT2D eigenvalue weighted by molar-refractivity contribution is 7.89. The van der Waals surface area contributed by atoms with Crippen molar-refractivity contribution < 1.29 is 22.7 Å². The lowest BCUT2D eigenvalue weighted by Crippen LogP contribution is -2.38. The van der Waals surface area contributed by atoms with Crippen molar-refractivity contribution in [2.24, 2.45) is 0 Å². The van der Waals surface area contributed by atoms with Gasteiger partial charge in [-0.3, -0.25) is 4.79 Å². The van der Waals surface area contributed by atoms with Crippen molar-refractivity contribution in [3.05, 3.63) is 54.1 Å². The molecule has 2 aromatic rings. The number of hydrogen-bond donors (Lipinski definition) is 1. The van der Waals surface area contributed by atoms with Crippen molar-refractivity contribution in [1.29, 1.82) is 0 Å². The molecule has 3 rings (SSSR count). The van der Waals surface area contributed by atoms with Gasteiger partial charge in [0.15, 0.2) is 6.10 Å². The van der Waals surface area contributed by atoms with Gasteiger partial charge in [-0.2, -0.15) is 4.31 Å². The van der Waals surface area contributed by atoms with E-state index in [-0.39, 0.29) is 17.4 Å². The number of nitrogens with one attached hydrogen (secondary N) is 1. The fourth-order valence-corrected chi connectivity index (χ4v) is 4.84. The molecule has 1 fully saturated rings. The highest BCUT2D eigenvalue weighted by Gasteiger charge is 2.25. The first-order valence-electron chi connectivity index (χ1n) is 10.6. The van der Waals surface area contributed by atoms with Crippen LogP contribution in [0.1, 0.15) is 31.7 Å². The maximum absolute atomic E-state index is 12.7. The van der Waals surface area contributed by atoms with Crippen molar-refractivity contribution >= 4 is 15.9 Å². The molecular formula is C23H30N2O5S. The number of piperidine rings is 1. The largest absolute Gasteiger partial charge is 0.492 e. The van der Waals surface area contributed by atoms with Crippen LogP contribution in [0.5, 0.6) is 11.5 Å². The van der Waals surface area contributed by atoms with E-state index in [2.05, 4.69) is 5.32 Å². The van der Waals surface area contributed by atoms with Crippen LogP contribution >= 0.6 is 0 Å². The van der Waals surface area contributed by atoms with Gasteiger partial charge < -0.3 is 14.8 Å². The van der Waals surface area contributed by atoms with Gasteiger partial charge in [0.1, 0.15) is 18.1 Å². The summed E-state index contributed by atoms with van der Waals surface area (Å²) in [7, 11) is -3.45.